The van der Waals surface area contributed by atoms with Gasteiger partial charge in [0.05, 0.1) is 11.2 Å². The Bertz CT molecular complexity index is 680. The Balaban J connectivity index is 2.10. The van der Waals surface area contributed by atoms with Crippen molar-refractivity contribution in [3.63, 3.8) is 0 Å². The van der Waals surface area contributed by atoms with Gasteiger partial charge in [0.1, 0.15) is 0 Å². The molecule has 0 unspecified atom stereocenters. The molecule has 88 valence electrons. The van der Waals surface area contributed by atoms with Gasteiger partial charge in [-0.15, -0.1) is 0 Å². The number of pyridine rings is 1. The molecule has 0 aliphatic heterocycles. The summed E-state index contributed by atoms with van der Waals surface area (Å²) in [5, 5.41) is 1.10. The maximum absolute atomic E-state index is 5.95. The van der Waals surface area contributed by atoms with E-state index in [2.05, 4.69) is 29.2 Å². The highest BCUT2D eigenvalue weighted by molar-refractivity contribution is 7.99. The third-order valence-electron chi connectivity index (χ3n) is 2.73. The van der Waals surface area contributed by atoms with E-state index >= 15 is 0 Å². The number of nitrogens with zero attached hydrogens (tertiary/aromatic N) is 1. The summed E-state index contributed by atoms with van der Waals surface area (Å²) in [6, 6.07) is 18.3. The summed E-state index contributed by atoms with van der Waals surface area (Å²) in [6.07, 6.45) is 1.77. The zero-order chi connectivity index (χ0) is 12.4. The first-order valence-electron chi connectivity index (χ1n) is 5.71. The van der Waals surface area contributed by atoms with Crippen molar-refractivity contribution in [2.75, 3.05) is 5.73 Å². The largest absolute Gasteiger partial charge is 0.397 e. The predicted molar refractivity (Wildman–Crippen MR) is 76.7 cm³/mol. The molecule has 0 fully saturated rings. The SMILES string of the molecule is Nc1ccc(Sc2ccccc2)c2cccnc12. The highest BCUT2D eigenvalue weighted by atomic mass is 32.2. The molecule has 3 heteroatoms. The van der Waals surface area contributed by atoms with E-state index in [0.29, 0.717) is 0 Å². The normalized spacial score (nSPS) is 10.7. The second kappa shape index (κ2) is 4.70. The standard InChI is InChI=1S/C15H12N2S/c16-13-8-9-14(12-7-4-10-17-15(12)13)18-11-5-2-1-3-6-11/h1-10H,16H2. The number of benzene rings is 2. The molecule has 0 aliphatic carbocycles. The summed E-state index contributed by atoms with van der Waals surface area (Å²) in [5.74, 6) is 0. The molecule has 2 aromatic carbocycles. The molecule has 1 aromatic heterocycles. The summed E-state index contributed by atoms with van der Waals surface area (Å²) >= 11 is 1.73. The molecule has 0 bridgehead atoms. The van der Waals surface area contributed by atoms with Crippen LogP contribution in [0.3, 0.4) is 0 Å². The molecule has 0 saturated carbocycles. The Hall–Kier alpha value is -2.00. The van der Waals surface area contributed by atoms with Crippen LogP contribution < -0.4 is 5.73 Å². The highest BCUT2D eigenvalue weighted by Crippen LogP contribution is 2.34. The van der Waals surface area contributed by atoms with Crippen molar-refractivity contribution in [1.82, 2.24) is 4.98 Å². The Morgan fingerprint density at radius 3 is 2.56 bits per heavy atom. The molecule has 3 aromatic rings. The van der Waals surface area contributed by atoms with Gasteiger partial charge in [0.15, 0.2) is 0 Å². The van der Waals surface area contributed by atoms with Crippen LogP contribution in [0.4, 0.5) is 5.69 Å². The molecule has 0 saturated heterocycles. The van der Waals surface area contributed by atoms with Crippen LogP contribution in [0.5, 0.6) is 0 Å². The van der Waals surface area contributed by atoms with E-state index in [-0.39, 0.29) is 0 Å². The summed E-state index contributed by atoms with van der Waals surface area (Å²) in [4.78, 5) is 6.74. The molecular formula is C15H12N2S. The van der Waals surface area contributed by atoms with Crippen molar-refractivity contribution in [3.8, 4) is 0 Å². The number of rotatable bonds is 2. The number of hydrogen-bond donors (Lipinski definition) is 1. The molecular weight excluding hydrogens is 240 g/mol. The number of hydrogen-bond acceptors (Lipinski definition) is 3. The number of nitrogens with two attached hydrogens (primary N) is 1. The van der Waals surface area contributed by atoms with Gasteiger partial charge in [-0.1, -0.05) is 36.0 Å². The van der Waals surface area contributed by atoms with Crippen molar-refractivity contribution in [1.29, 1.82) is 0 Å². The quantitative estimate of drug-likeness (QED) is 0.701. The van der Waals surface area contributed by atoms with Crippen molar-refractivity contribution in [2.24, 2.45) is 0 Å². The second-order valence-electron chi connectivity index (χ2n) is 3.97. The van der Waals surface area contributed by atoms with Gasteiger partial charge in [0.2, 0.25) is 0 Å². The smallest absolute Gasteiger partial charge is 0.0942 e. The van der Waals surface area contributed by atoms with Crippen LogP contribution in [0.1, 0.15) is 0 Å². The number of aromatic nitrogens is 1. The molecule has 0 radical (unpaired) electrons. The van der Waals surface area contributed by atoms with Crippen LogP contribution in [0.25, 0.3) is 10.9 Å². The minimum atomic E-state index is 0.725. The van der Waals surface area contributed by atoms with Gasteiger partial charge in [0, 0.05) is 21.4 Å². The summed E-state index contributed by atoms with van der Waals surface area (Å²) < 4.78 is 0. The van der Waals surface area contributed by atoms with Gasteiger partial charge >= 0.3 is 0 Å². The maximum Gasteiger partial charge on any atom is 0.0942 e. The van der Waals surface area contributed by atoms with Gasteiger partial charge in [-0.3, -0.25) is 4.98 Å². The average molecular weight is 252 g/mol. The van der Waals surface area contributed by atoms with Crippen molar-refractivity contribution < 1.29 is 0 Å². The molecule has 0 atom stereocenters. The number of anilines is 1. The van der Waals surface area contributed by atoms with E-state index in [4.69, 9.17) is 5.73 Å². The third-order valence-corrected chi connectivity index (χ3v) is 3.82. The fourth-order valence-electron chi connectivity index (χ4n) is 1.87. The molecule has 3 rings (SSSR count). The zero-order valence-electron chi connectivity index (χ0n) is 9.71. The van der Waals surface area contributed by atoms with Gasteiger partial charge in [-0.2, -0.15) is 0 Å². The lowest BCUT2D eigenvalue weighted by atomic mass is 10.2. The molecule has 2 nitrogen and oxygen atoms in total. The fourth-order valence-corrected chi connectivity index (χ4v) is 2.83. The zero-order valence-corrected chi connectivity index (χ0v) is 10.5. The minimum absolute atomic E-state index is 0.725. The maximum atomic E-state index is 5.95. The first-order valence-corrected chi connectivity index (χ1v) is 6.52. The molecule has 2 N–H and O–H groups in total. The molecule has 0 spiro atoms. The van der Waals surface area contributed by atoms with E-state index in [1.807, 2.05) is 30.3 Å². The van der Waals surface area contributed by atoms with Crippen LogP contribution in [0.15, 0.2) is 70.6 Å². The lowest BCUT2D eigenvalue weighted by Gasteiger charge is -2.07. The van der Waals surface area contributed by atoms with Crippen LogP contribution >= 0.6 is 11.8 Å². The van der Waals surface area contributed by atoms with Crippen LogP contribution in [-0.4, -0.2) is 4.98 Å². The van der Waals surface area contributed by atoms with Crippen molar-refractivity contribution >= 4 is 28.4 Å². The van der Waals surface area contributed by atoms with E-state index < -0.39 is 0 Å². The topological polar surface area (TPSA) is 38.9 Å². The summed E-state index contributed by atoms with van der Waals surface area (Å²) in [6.45, 7) is 0. The number of nitrogen functional groups attached to an aromatic ring is 1. The van der Waals surface area contributed by atoms with Crippen LogP contribution in [0, 0.1) is 0 Å². The monoisotopic (exact) mass is 252 g/mol. The van der Waals surface area contributed by atoms with E-state index in [0.717, 1.165) is 16.6 Å². The van der Waals surface area contributed by atoms with Gasteiger partial charge in [-0.25, -0.2) is 0 Å². The van der Waals surface area contributed by atoms with E-state index in [9.17, 15) is 0 Å². The van der Waals surface area contributed by atoms with Gasteiger partial charge in [-0.05, 0) is 30.3 Å². The minimum Gasteiger partial charge on any atom is -0.397 e. The third kappa shape index (κ3) is 2.05. The lowest BCUT2D eigenvalue weighted by Crippen LogP contribution is -1.90. The first kappa shape index (κ1) is 11.1. The Morgan fingerprint density at radius 1 is 0.889 bits per heavy atom. The highest BCUT2D eigenvalue weighted by Gasteiger charge is 2.05. The van der Waals surface area contributed by atoms with Crippen molar-refractivity contribution in [2.45, 2.75) is 9.79 Å². The Labute approximate surface area is 110 Å². The molecule has 18 heavy (non-hydrogen) atoms. The van der Waals surface area contributed by atoms with Crippen molar-refractivity contribution in [3.05, 3.63) is 60.8 Å². The first-order chi connectivity index (χ1) is 8.84. The predicted octanol–water partition coefficient (Wildman–Crippen LogP) is 3.97. The summed E-state index contributed by atoms with van der Waals surface area (Å²) in [7, 11) is 0. The molecule has 0 aliphatic rings. The van der Waals surface area contributed by atoms with E-state index in [1.165, 1.54) is 9.79 Å². The lowest BCUT2D eigenvalue weighted by molar-refractivity contribution is 1.38. The molecule has 1 heterocycles. The average Bonchev–Trinajstić information content (AvgIpc) is 2.44. The van der Waals surface area contributed by atoms with Crippen LogP contribution in [0.2, 0.25) is 0 Å². The van der Waals surface area contributed by atoms with Crippen LogP contribution in [-0.2, 0) is 0 Å². The second-order valence-corrected chi connectivity index (χ2v) is 5.08. The summed E-state index contributed by atoms with van der Waals surface area (Å²) in [5.41, 5.74) is 7.55. The Morgan fingerprint density at radius 2 is 1.72 bits per heavy atom. The van der Waals surface area contributed by atoms with Gasteiger partial charge in [0.25, 0.3) is 0 Å². The van der Waals surface area contributed by atoms with Gasteiger partial charge < -0.3 is 5.73 Å². The number of fused-ring (bicyclic) bond motifs is 1. The molecule has 0 amide bonds. The van der Waals surface area contributed by atoms with E-state index in [1.54, 1.807) is 18.0 Å². The Kier molecular flexibility index (Phi) is 2.90. The fraction of sp³-hybridized carbons (Fsp3) is 0.